The number of nitrogens with one attached hydrogen (secondary N) is 1. The second-order valence-electron chi connectivity index (χ2n) is 4.90. The Labute approximate surface area is 115 Å². The molecule has 1 aromatic rings. The van der Waals surface area contributed by atoms with Crippen LogP contribution in [-0.4, -0.2) is 42.7 Å². The number of amides is 2. The molecular formula is C14H23N3O2. The quantitative estimate of drug-likeness (QED) is 0.769. The number of carbonyl (C=O) groups excluding carboxylic acids is 1. The van der Waals surface area contributed by atoms with E-state index in [-0.39, 0.29) is 6.03 Å². The Hall–Kier alpha value is -1.78. The second-order valence-corrected chi connectivity index (χ2v) is 4.90. The first-order chi connectivity index (χ1) is 9.09. The Morgan fingerprint density at radius 3 is 2.95 bits per heavy atom. The summed E-state index contributed by atoms with van der Waals surface area (Å²) in [6.07, 6.45) is 4.16. The zero-order valence-electron chi connectivity index (χ0n) is 11.9. The van der Waals surface area contributed by atoms with Gasteiger partial charge in [0, 0.05) is 26.3 Å². The van der Waals surface area contributed by atoms with Crippen molar-refractivity contribution in [2.24, 2.45) is 5.92 Å². The first kappa shape index (κ1) is 15.3. The number of pyridine rings is 1. The Bertz CT molecular complexity index is 368. The lowest BCUT2D eigenvalue weighted by Crippen LogP contribution is -2.39. The van der Waals surface area contributed by atoms with Crippen molar-refractivity contribution in [3.63, 3.8) is 0 Å². The zero-order valence-corrected chi connectivity index (χ0v) is 11.9. The predicted molar refractivity (Wildman–Crippen MR) is 75.2 cm³/mol. The molecule has 106 valence electrons. The largest absolute Gasteiger partial charge is 0.492 e. The normalized spacial score (nSPS) is 10.3. The van der Waals surface area contributed by atoms with E-state index >= 15 is 0 Å². The summed E-state index contributed by atoms with van der Waals surface area (Å²) in [5.41, 5.74) is 0. The summed E-state index contributed by atoms with van der Waals surface area (Å²) in [6.45, 7) is 6.12. The SMILES string of the molecule is CC(C)CN(C)C(=O)NCCCOc1cccnc1. The van der Waals surface area contributed by atoms with Crippen LogP contribution in [0.5, 0.6) is 5.75 Å². The smallest absolute Gasteiger partial charge is 0.317 e. The molecule has 0 saturated carbocycles. The molecule has 5 heteroatoms. The van der Waals surface area contributed by atoms with Gasteiger partial charge in [0.2, 0.25) is 0 Å². The highest BCUT2D eigenvalue weighted by molar-refractivity contribution is 5.73. The minimum absolute atomic E-state index is 0.0323. The highest BCUT2D eigenvalue weighted by atomic mass is 16.5. The average molecular weight is 265 g/mol. The molecular weight excluding hydrogens is 242 g/mol. The molecule has 0 saturated heterocycles. The number of aromatic nitrogens is 1. The molecule has 0 bridgehead atoms. The first-order valence-corrected chi connectivity index (χ1v) is 6.61. The van der Waals surface area contributed by atoms with Crippen LogP contribution < -0.4 is 10.1 Å². The molecule has 1 N–H and O–H groups in total. The molecule has 0 aromatic carbocycles. The van der Waals surface area contributed by atoms with Crippen LogP contribution in [0.2, 0.25) is 0 Å². The summed E-state index contributed by atoms with van der Waals surface area (Å²) in [5, 5.41) is 2.87. The van der Waals surface area contributed by atoms with Crippen LogP contribution in [0.25, 0.3) is 0 Å². The van der Waals surface area contributed by atoms with Gasteiger partial charge in [-0.25, -0.2) is 4.79 Å². The van der Waals surface area contributed by atoms with Crippen molar-refractivity contribution in [3.8, 4) is 5.75 Å². The van der Waals surface area contributed by atoms with E-state index in [1.807, 2.05) is 19.2 Å². The lowest BCUT2D eigenvalue weighted by molar-refractivity contribution is 0.202. The number of hydrogen-bond acceptors (Lipinski definition) is 3. The Kier molecular flexibility index (Phi) is 6.71. The molecule has 0 aliphatic carbocycles. The monoisotopic (exact) mass is 265 g/mol. The maximum Gasteiger partial charge on any atom is 0.317 e. The van der Waals surface area contributed by atoms with Gasteiger partial charge < -0.3 is 15.0 Å². The summed E-state index contributed by atoms with van der Waals surface area (Å²) in [7, 11) is 1.81. The highest BCUT2D eigenvalue weighted by Gasteiger charge is 2.08. The van der Waals surface area contributed by atoms with E-state index in [9.17, 15) is 4.79 Å². The van der Waals surface area contributed by atoms with E-state index in [1.54, 1.807) is 17.3 Å². The zero-order chi connectivity index (χ0) is 14.1. The fourth-order valence-corrected chi connectivity index (χ4v) is 1.66. The van der Waals surface area contributed by atoms with Gasteiger partial charge in [0.1, 0.15) is 5.75 Å². The summed E-state index contributed by atoms with van der Waals surface area (Å²) in [6, 6.07) is 3.66. The van der Waals surface area contributed by atoms with Crippen LogP contribution in [-0.2, 0) is 0 Å². The maximum atomic E-state index is 11.7. The van der Waals surface area contributed by atoms with Gasteiger partial charge in [-0.05, 0) is 24.5 Å². The van der Waals surface area contributed by atoms with E-state index in [2.05, 4.69) is 24.1 Å². The molecule has 0 spiro atoms. The third kappa shape index (κ3) is 6.64. The average Bonchev–Trinajstić information content (AvgIpc) is 2.38. The molecule has 0 aliphatic heterocycles. The van der Waals surface area contributed by atoms with Gasteiger partial charge in [0.15, 0.2) is 0 Å². The van der Waals surface area contributed by atoms with E-state index in [0.717, 1.165) is 18.7 Å². The molecule has 1 rings (SSSR count). The van der Waals surface area contributed by atoms with Gasteiger partial charge in [-0.2, -0.15) is 0 Å². The van der Waals surface area contributed by atoms with Crippen molar-refractivity contribution in [3.05, 3.63) is 24.5 Å². The predicted octanol–water partition coefficient (Wildman–Crippen LogP) is 2.15. The standard InChI is InChI=1S/C14H23N3O2/c1-12(2)11-17(3)14(18)16-8-5-9-19-13-6-4-7-15-10-13/h4,6-7,10,12H,5,8-9,11H2,1-3H3,(H,16,18). The van der Waals surface area contributed by atoms with Gasteiger partial charge in [-0.1, -0.05) is 13.8 Å². The van der Waals surface area contributed by atoms with Crippen molar-refractivity contribution in [2.75, 3.05) is 26.7 Å². The van der Waals surface area contributed by atoms with Crippen LogP contribution >= 0.6 is 0 Å². The lowest BCUT2D eigenvalue weighted by Gasteiger charge is -2.19. The van der Waals surface area contributed by atoms with Crippen LogP contribution in [0.3, 0.4) is 0 Å². The molecule has 0 radical (unpaired) electrons. The fourth-order valence-electron chi connectivity index (χ4n) is 1.66. The highest BCUT2D eigenvalue weighted by Crippen LogP contribution is 2.05. The van der Waals surface area contributed by atoms with Gasteiger partial charge in [0.25, 0.3) is 0 Å². The molecule has 0 unspecified atom stereocenters. The third-order valence-electron chi connectivity index (χ3n) is 2.49. The van der Waals surface area contributed by atoms with Crippen molar-refractivity contribution >= 4 is 6.03 Å². The lowest BCUT2D eigenvalue weighted by atomic mass is 10.2. The van der Waals surface area contributed by atoms with Gasteiger partial charge in [-0.15, -0.1) is 0 Å². The van der Waals surface area contributed by atoms with E-state index in [4.69, 9.17) is 4.74 Å². The van der Waals surface area contributed by atoms with Crippen molar-refractivity contribution in [1.29, 1.82) is 0 Å². The number of hydrogen-bond donors (Lipinski definition) is 1. The molecule has 0 aliphatic rings. The summed E-state index contributed by atoms with van der Waals surface area (Å²) < 4.78 is 5.49. The molecule has 2 amide bonds. The van der Waals surface area contributed by atoms with Gasteiger partial charge >= 0.3 is 6.03 Å². The molecule has 1 heterocycles. The van der Waals surface area contributed by atoms with Crippen molar-refractivity contribution < 1.29 is 9.53 Å². The maximum absolute atomic E-state index is 11.7. The summed E-state index contributed by atoms with van der Waals surface area (Å²) in [5.74, 6) is 1.23. The minimum Gasteiger partial charge on any atom is -0.492 e. The number of rotatable bonds is 7. The first-order valence-electron chi connectivity index (χ1n) is 6.61. The molecule has 0 atom stereocenters. The Balaban J connectivity index is 2.09. The Morgan fingerprint density at radius 1 is 1.53 bits per heavy atom. The summed E-state index contributed by atoms with van der Waals surface area (Å²) in [4.78, 5) is 17.3. The molecule has 1 aromatic heterocycles. The van der Waals surface area contributed by atoms with Gasteiger partial charge in [0.05, 0.1) is 12.8 Å². The van der Waals surface area contributed by atoms with E-state index in [0.29, 0.717) is 19.1 Å². The topological polar surface area (TPSA) is 54.5 Å². The van der Waals surface area contributed by atoms with E-state index in [1.165, 1.54) is 0 Å². The minimum atomic E-state index is -0.0323. The molecule has 0 fully saturated rings. The van der Waals surface area contributed by atoms with E-state index < -0.39 is 0 Å². The number of carbonyl (C=O) groups is 1. The number of nitrogens with zero attached hydrogens (tertiary/aromatic N) is 2. The van der Waals surface area contributed by atoms with Crippen LogP contribution in [0.1, 0.15) is 20.3 Å². The Morgan fingerprint density at radius 2 is 2.32 bits per heavy atom. The number of ether oxygens (including phenoxy) is 1. The third-order valence-corrected chi connectivity index (χ3v) is 2.49. The fraction of sp³-hybridized carbons (Fsp3) is 0.571. The molecule has 19 heavy (non-hydrogen) atoms. The second kappa shape index (κ2) is 8.34. The van der Waals surface area contributed by atoms with Crippen molar-refractivity contribution in [2.45, 2.75) is 20.3 Å². The van der Waals surface area contributed by atoms with Crippen LogP contribution in [0.4, 0.5) is 4.79 Å². The number of urea groups is 1. The van der Waals surface area contributed by atoms with Crippen LogP contribution in [0, 0.1) is 5.92 Å². The van der Waals surface area contributed by atoms with Crippen LogP contribution in [0.15, 0.2) is 24.5 Å². The van der Waals surface area contributed by atoms with Gasteiger partial charge in [-0.3, -0.25) is 4.98 Å². The van der Waals surface area contributed by atoms with Crippen molar-refractivity contribution in [1.82, 2.24) is 15.2 Å². The molecule has 5 nitrogen and oxygen atoms in total. The summed E-state index contributed by atoms with van der Waals surface area (Å²) >= 11 is 0.